The van der Waals surface area contributed by atoms with Gasteiger partial charge in [0.2, 0.25) is 0 Å². The van der Waals surface area contributed by atoms with E-state index in [4.69, 9.17) is 5.73 Å². The number of nitrogen functional groups attached to an aromatic ring is 1. The first-order valence-corrected chi connectivity index (χ1v) is 5.93. The first-order chi connectivity index (χ1) is 9.39. The van der Waals surface area contributed by atoms with Crippen LogP contribution < -0.4 is 5.73 Å². The van der Waals surface area contributed by atoms with Crippen molar-refractivity contribution in [1.82, 2.24) is 4.98 Å². The van der Waals surface area contributed by atoms with Gasteiger partial charge >= 0.3 is 6.18 Å². The molecule has 0 bridgehead atoms. The van der Waals surface area contributed by atoms with E-state index in [1.807, 2.05) is 0 Å². The number of hydrogen-bond acceptors (Lipinski definition) is 3. The minimum Gasteiger partial charge on any atom is -0.388 e. The molecule has 2 rings (SSSR count). The number of aromatic nitrogens is 1. The first kappa shape index (κ1) is 14.3. The Bertz CT molecular complexity index is 599. The summed E-state index contributed by atoms with van der Waals surface area (Å²) in [5.41, 5.74) is 5.14. The van der Waals surface area contributed by atoms with Gasteiger partial charge in [-0.2, -0.15) is 13.2 Å². The van der Waals surface area contributed by atoms with Crippen molar-refractivity contribution in [1.29, 1.82) is 0 Å². The lowest BCUT2D eigenvalue weighted by Gasteiger charge is -2.17. The Morgan fingerprint density at radius 2 is 1.85 bits per heavy atom. The van der Waals surface area contributed by atoms with Gasteiger partial charge in [-0.05, 0) is 23.3 Å². The average Bonchev–Trinajstić information content (AvgIpc) is 2.40. The number of nitrogens with two attached hydrogens (primary N) is 1. The minimum absolute atomic E-state index is 0.0211. The van der Waals surface area contributed by atoms with E-state index in [1.165, 1.54) is 24.4 Å². The van der Waals surface area contributed by atoms with Crippen molar-refractivity contribution < 1.29 is 18.3 Å². The van der Waals surface area contributed by atoms with E-state index in [0.717, 1.165) is 6.07 Å². The normalized spacial score (nSPS) is 13.2. The molecule has 1 atom stereocenters. The highest BCUT2D eigenvalue weighted by molar-refractivity contribution is 5.40. The van der Waals surface area contributed by atoms with Gasteiger partial charge in [0.05, 0.1) is 11.7 Å². The summed E-state index contributed by atoms with van der Waals surface area (Å²) in [5, 5.41) is 10.1. The van der Waals surface area contributed by atoms with Gasteiger partial charge in [-0.1, -0.05) is 24.3 Å². The van der Waals surface area contributed by atoms with E-state index in [0.29, 0.717) is 5.56 Å². The molecule has 0 saturated heterocycles. The highest BCUT2D eigenvalue weighted by Gasteiger charge is 2.34. The van der Waals surface area contributed by atoms with Crippen LogP contribution in [0.5, 0.6) is 0 Å². The Labute approximate surface area is 113 Å². The molecule has 0 spiro atoms. The molecule has 0 amide bonds. The Morgan fingerprint density at radius 1 is 1.15 bits per heavy atom. The van der Waals surface area contributed by atoms with Crippen LogP contribution in [-0.4, -0.2) is 10.1 Å². The van der Waals surface area contributed by atoms with E-state index < -0.39 is 17.8 Å². The fourth-order valence-corrected chi connectivity index (χ4v) is 1.99. The quantitative estimate of drug-likeness (QED) is 0.910. The molecule has 3 nitrogen and oxygen atoms in total. The largest absolute Gasteiger partial charge is 0.416 e. The first-order valence-electron chi connectivity index (χ1n) is 5.93. The zero-order valence-electron chi connectivity index (χ0n) is 10.4. The molecule has 3 N–H and O–H groups in total. The number of alkyl halides is 3. The summed E-state index contributed by atoms with van der Waals surface area (Å²) in [7, 11) is 0. The second kappa shape index (κ2) is 5.50. The summed E-state index contributed by atoms with van der Waals surface area (Å²) in [6, 6.07) is 8.21. The maximum atomic E-state index is 12.9. The monoisotopic (exact) mass is 282 g/mol. The lowest BCUT2D eigenvalue weighted by atomic mass is 9.97. The minimum atomic E-state index is -4.50. The van der Waals surface area contributed by atoms with Gasteiger partial charge in [-0.3, -0.25) is 0 Å². The second-order valence-corrected chi connectivity index (χ2v) is 4.35. The number of pyridine rings is 1. The van der Waals surface area contributed by atoms with Gasteiger partial charge < -0.3 is 10.8 Å². The highest BCUT2D eigenvalue weighted by Crippen LogP contribution is 2.35. The molecule has 20 heavy (non-hydrogen) atoms. The molecule has 6 heteroatoms. The number of benzene rings is 1. The number of aliphatic hydroxyl groups is 1. The van der Waals surface area contributed by atoms with Crippen molar-refractivity contribution in [2.75, 3.05) is 5.73 Å². The lowest BCUT2D eigenvalue weighted by Crippen LogP contribution is -2.13. The predicted octanol–water partition coefficient (Wildman–Crippen LogP) is 2.96. The zero-order chi connectivity index (χ0) is 14.8. The molecule has 0 aliphatic rings. The standard InChI is InChI=1S/C14H13F3N2O/c15-14(16,17)11-6-2-1-5-10(11)12(20)8-9-4-3-7-19-13(9)18/h1-7,12,20H,8H2,(H2,18,19). The Hall–Kier alpha value is -2.08. The summed E-state index contributed by atoms with van der Waals surface area (Å²) in [6.07, 6.45) is -4.33. The van der Waals surface area contributed by atoms with Crippen LogP contribution in [0.4, 0.5) is 19.0 Å². The van der Waals surface area contributed by atoms with Crippen LogP contribution in [0.2, 0.25) is 0 Å². The van der Waals surface area contributed by atoms with E-state index in [2.05, 4.69) is 4.98 Å². The van der Waals surface area contributed by atoms with Crippen LogP contribution in [0.15, 0.2) is 42.6 Å². The molecule has 1 aromatic carbocycles. The maximum absolute atomic E-state index is 12.9. The Morgan fingerprint density at radius 3 is 2.50 bits per heavy atom. The summed E-state index contributed by atoms with van der Waals surface area (Å²) in [5.74, 6) is 0.205. The van der Waals surface area contributed by atoms with Gasteiger partial charge in [-0.15, -0.1) is 0 Å². The van der Waals surface area contributed by atoms with Crippen molar-refractivity contribution in [2.24, 2.45) is 0 Å². The highest BCUT2D eigenvalue weighted by atomic mass is 19.4. The van der Waals surface area contributed by atoms with E-state index >= 15 is 0 Å². The molecule has 1 heterocycles. The van der Waals surface area contributed by atoms with Crippen molar-refractivity contribution in [3.05, 3.63) is 59.3 Å². The molecule has 1 aromatic heterocycles. The van der Waals surface area contributed by atoms with Crippen LogP contribution in [0.25, 0.3) is 0 Å². The number of aliphatic hydroxyl groups excluding tert-OH is 1. The average molecular weight is 282 g/mol. The lowest BCUT2D eigenvalue weighted by molar-refractivity contribution is -0.139. The van der Waals surface area contributed by atoms with Crippen molar-refractivity contribution in [3.63, 3.8) is 0 Å². The number of rotatable bonds is 3. The third-order valence-corrected chi connectivity index (χ3v) is 2.96. The zero-order valence-corrected chi connectivity index (χ0v) is 10.4. The summed E-state index contributed by atoms with van der Waals surface area (Å²) in [4.78, 5) is 3.84. The van der Waals surface area contributed by atoms with Gasteiger partial charge in [0.1, 0.15) is 5.82 Å². The van der Waals surface area contributed by atoms with E-state index in [1.54, 1.807) is 12.1 Å². The molecule has 1 unspecified atom stereocenters. The number of nitrogens with zero attached hydrogens (tertiary/aromatic N) is 1. The molecule has 0 aliphatic heterocycles. The summed E-state index contributed by atoms with van der Waals surface area (Å²) < 4.78 is 38.6. The Kier molecular flexibility index (Phi) is 3.94. The molecule has 0 fully saturated rings. The number of hydrogen-bond donors (Lipinski definition) is 2. The smallest absolute Gasteiger partial charge is 0.388 e. The van der Waals surface area contributed by atoms with Gasteiger partial charge in [-0.25, -0.2) is 4.98 Å². The third kappa shape index (κ3) is 3.08. The topological polar surface area (TPSA) is 59.1 Å². The fraction of sp³-hybridized carbons (Fsp3) is 0.214. The number of anilines is 1. The maximum Gasteiger partial charge on any atom is 0.416 e. The SMILES string of the molecule is Nc1ncccc1CC(O)c1ccccc1C(F)(F)F. The van der Waals surface area contributed by atoms with Gasteiger partial charge in [0.25, 0.3) is 0 Å². The van der Waals surface area contributed by atoms with Gasteiger partial charge in [0.15, 0.2) is 0 Å². The van der Waals surface area contributed by atoms with Crippen LogP contribution >= 0.6 is 0 Å². The third-order valence-electron chi connectivity index (χ3n) is 2.96. The molecular weight excluding hydrogens is 269 g/mol. The fourth-order valence-electron chi connectivity index (χ4n) is 1.99. The van der Waals surface area contributed by atoms with E-state index in [-0.39, 0.29) is 17.8 Å². The summed E-state index contributed by atoms with van der Waals surface area (Å²) in [6.45, 7) is 0. The molecule has 0 aliphatic carbocycles. The van der Waals surface area contributed by atoms with Crippen molar-refractivity contribution in [2.45, 2.75) is 18.7 Å². The van der Waals surface area contributed by atoms with Crippen LogP contribution in [0.1, 0.15) is 22.8 Å². The molecular formula is C14H13F3N2O. The second-order valence-electron chi connectivity index (χ2n) is 4.35. The van der Waals surface area contributed by atoms with E-state index in [9.17, 15) is 18.3 Å². The Balaban J connectivity index is 2.31. The van der Waals surface area contributed by atoms with Crippen molar-refractivity contribution >= 4 is 5.82 Å². The van der Waals surface area contributed by atoms with Crippen LogP contribution in [0.3, 0.4) is 0 Å². The van der Waals surface area contributed by atoms with Gasteiger partial charge in [0, 0.05) is 12.6 Å². The molecule has 0 saturated carbocycles. The summed E-state index contributed by atoms with van der Waals surface area (Å²) >= 11 is 0. The van der Waals surface area contributed by atoms with Crippen LogP contribution in [0, 0.1) is 0 Å². The molecule has 2 aromatic rings. The molecule has 0 radical (unpaired) electrons. The predicted molar refractivity (Wildman–Crippen MR) is 68.8 cm³/mol. The van der Waals surface area contributed by atoms with Crippen LogP contribution in [-0.2, 0) is 12.6 Å². The molecule has 106 valence electrons. The van der Waals surface area contributed by atoms with Crippen molar-refractivity contribution in [3.8, 4) is 0 Å². The number of halogens is 3.